The number of hydrogen-bond donors (Lipinski definition) is 0. The molecule has 12 heavy (non-hydrogen) atoms. The van der Waals surface area contributed by atoms with Crippen molar-refractivity contribution in [3.63, 3.8) is 0 Å². The van der Waals surface area contributed by atoms with Crippen LogP contribution in [0.5, 0.6) is 0 Å². The van der Waals surface area contributed by atoms with Crippen molar-refractivity contribution in [1.29, 1.82) is 0 Å². The molecule has 0 saturated heterocycles. The molecular formula is C6H14NaO4P. The van der Waals surface area contributed by atoms with Crippen molar-refractivity contribution in [3.05, 3.63) is 0 Å². The second-order valence-electron chi connectivity index (χ2n) is 2.11. The quantitative estimate of drug-likeness (QED) is 0.382. The van der Waals surface area contributed by atoms with E-state index in [1.54, 1.807) is 0 Å². The summed E-state index contributed by atoms with van der Waals surface area (Å²) in [6, 6.07) is 0. The van der Waals surface area contributed by atoms with Gasteiger partial charge in [-0.05, 0) is 12.8 Å². The molecule has 0 aromatic heterocycles. The minimum absolute atomic E-state index is 0. The second kappa shape index (κ2) is 8.70. The van der Waals surface area contributed by atoms with Gasteiger partial charge in [-0.1, -0.05) is 13.8 Å². The largest absolute Gasteiger partial charge is 1.00 e. The van der Waals surface area contributed by atoms with E-state index in [1.807, 2.05) is 13.8 Å². The van der Waals surface area contributed by atoms with Crippen LogP contribution in [0.25, 0.3) is 0 Å². The molecule has 0 aliphatic carbocycles. The fourth-order valence-electron chi connectivity index (χ4n) is 0.443. The molecule has 0 radical (unpaired) electrons. The zero-order valence-electron chi connectivity index (χ0n) is 7.91. The first-order chi connectivity index (χ1) is 5.12. The van der Waals surface area contributed by atoms with Crippen molar-refractivity contribution in [2.75, 3.05) is 13.2 Å². The van der Waals surface area contributed by atoms with E-state index < -0.39 is 7.82 Å². The summed E-state index contributed by atoms with van der Waals surface area (Å²) in [4.78, 5) is 10.7. The van der Waals surface area contributed by atoms with E-state index in [0.29, 0.717) is 12.8 Å². The Morgan fingerprint density at radius 1 is 1.17 bits per heavy atom. The Morgan fingerprint density at radius 3 is 1.75 bits per heavy atom. The van der Waals surface area contributed by atoms with Crippen molar-refractivity contribution in [2.45, 2.75) is 26.7 Å². The van der Waals surface area contributed by atoms with Crippen LogP contribution >= 0.6 is 7.82 Å². The van der Waals surface area contributed by atoms with Crippen molar-refractivity contribution in [1.82, 2.24) is 0 Å². The Hall–Kier alpha value is 1.11. The molecule has 0 aliphatic heterocycles. The van der Waals surface area contributed by atoms with Crippen molar-refractivity contribution < 1.29 is 48.1 Å². The maximum atomic E-state index is 10.7. The molecule has 0 bridgehead atoms. The summed E-state index contributed by atoms with van der Waals surface area (Å²) in [5.41, 5.74) is 0. The maximum Gasteiger partial charge on any atom is 1.00 e. The number of phosphoric acid groups is 1. The summed E-state index contributed by atoms with van der Waals surface area (Å²) in [6.07, 6.45) is 1.34. The Balaban J connectivity index is 0. The first-order valence-corrected chi connectivity index (χ1v) is 5.18. The van der Waals surface area contributed by atoms with Gasteiger partial charge in [0.25, 0.3) is 7.82 Å². The van der Waals surface area contributed by atoms with Crippen molar-refractivity contribution in [2.24, 2.45) is 0 Å². The van der Waals surface area contributed by atoms with Gasteiger partial charge < -0.3 is 13.9 Å². The molecule has 0 unspecified atom stereocenters. The van der Waals surface area contributed by atoms with Crippen LogP contribution in [0.15, 0.2) is 0 Å². The third-order valence-electron chi connectivity index (χ3n) is 0.907. The molecule has 0 atom stereocenters. The first-order valence-electron chi connectivity index (χ1n) is 3.72. The second-order valence-corrected chi connectivity index (χ2v) is 3.52. The van der Waals surface area contributed by atoms with Crippen molar-refractivity contribution >= 4 is 7.82 Å². The van der Waals surface area contributed by atoms with E-state index in [0.717, 1.165) is 0 Å². The van der Waals surface area contributed by atoms with Gasteiger partial charge in [0.1, 0.15) is 0 Å². The summed E-state index contributed by atoms with van der Waals surface area (Å²) >= 11 is 0. The van der Waals surface area contributed by atoms with Crippen LogP contribution in [0.2, 0.25) is 0 Å². The van der Waals surface area contributed by atoms with Gasteiger partial charge in [0, 0.05) is 0 Å². The normalized spacial score (nSPS) is 10.9. The maximum absolute atomic E-state index is 10.7. The fraction of sp³-hybridized carbons (Fsp3) is 1.00. The predicted molar refractivity (Wildman–Crippen MR) is 40.1 cm³/mol. The van der Waals surface area contributed by atoms with Crippen molar-refractivity contribution in [3.8, 4) is 0 Å². The SMILES string of the molecule is CCCOP(=O)([O-])OCCC.[Na+]. The molecule has 0 saturated carbocycles. The van der Waals surface area contributed by atoms with Gasteiger partial charge in [0.15, 0.2) is 0 Å². The molecular weight excluding hydrogens is 190 g/mol. The molecule has 0 spiro atoms. The van der Waals surface area contributed by atoms with Gasteiger partial charge in [0.05, 0.1) is 13.2 Å². The summed E-state index contributed by atoms with van der Waals surface area (Å²) in [5.74, 6) is 0. The van der Waals surface area contributed by atoms with Crippen LogP contribution in [0.4, 0.5) is 0 Å². The minimum atomic E-state index is -3.98. The van der Waals surface area contributed by atoms with Gasteiger partial charge in [-0.2, -0.15) is 0 Å². The molecule has 0 amide bonds. The van der Waals surface area contributed by atoms with E-state index in [9.17, 15) is 9.46 Å². The van der Waals surface area contributed by atoms with Gasteiger partial charge in [-0.3, -0.25) is 4.57 Å². The molecule has 0 heterocycles. The Morgan fingerprint density at radius 2 is 1.50 bits per heavy atom. The van der Waals surface area contributed by atoms with E-state index >= 15 is 0 Å². The number of hydrogen-bond acceptors (Lipinski definition) is 4. The van der Waals surface area contributed by atoms with Gasteiger partial charge in [0.2, 0.25) is 0 Å². The van der Waals surface area contributed by atoms with Crippen LogP contribution in [-0.4, -0.2) is 13.2 Å². The van der Waals surface area contributed by atoms with Crippen LogP contribution in [-0.2, 0) is 13.6 Å². The average molecular weight is 204 g/mol. The third kappa shape index (κ3) is 9.20. The molecule has 0 fully saturated rings. The Kier molecular flexibility index (Phi) is 11.3. The molecule has 0 rings (SSSR count). The molecule has 6 heteroatoms. The van der Waals surface area contributed by atoms with E-state index in [4.69, 9.17) is 0 Å². The third-order valence-corrected chi connectivity index (χ3v) is 1.90. The Bertz CT molecular complexity index is 130. The van der Waals surface area contributed by atoms with Crippen LogP contribution in [0.3, 0.4) is 0 Å². The molecule has 0 aromatic carbocycles. The summed E-state index contributed by atoms with van der Waals surface area (Å²) in [6.45, 7) is 4.06. The number of phosphoric ester groups is 1. The zero-order chi connectivity index (χ0) is 8.74. The van der Waals surface area contributed by atoms with Crippen LogP contribution < -0.4 is 34.5 Å². The molecule has 68 valence electrons. The molecule has 0 aliphatic rings. The van der Waals surface area contributed by atoms with Crippen LogP contribution in [0.1, 0.15) is 26.7 Å². The summed E-state index contributed by atoms with van der Waals surface area (Å²) in [7, 11) is -3.98. The molecule has 4 nitrogen and oxygen atoms in total. The summed E-state index contributed by atoms with van der Waals surface area (Å²) < 4.78 is 19.6. The zero-order valence-corrected chi connectivity index (χ0v) is 10.8. The minimum Gasteiger partial charge on any atom is -0.756 e. The van der Waals surface area contributed by atoms with E-state index in [-0.39, 0.29) is 42.8 Å². The fourth-order valence-corrected chi connectivity index (χ4v) is 1.33. The summed E-state index contributed by atoms with van der Waals surface area (Å²) in [5, 5.41) is 0. The predicted octanol–water partition coefficient (Wildman–Crippen LogP) is -1.69. The Labute approximate surface area is 95.5 Å². The van der Waals surface area contributed by atoms with Gasteiger partial charge in [-0.25, -0.2) is 0 Å². The topological polar surface area (TPSA) is 58.6 Å². The van der Waals surface area contributed by atoms with E-state index in [1.165, 1.54) is 0 Å². The smallest absolute Gasteiger partial charge is 0.756 e. The molecule has 0 N–H and O–H groups in total. The monoisotopic (exact) mass is 204 g/mol. The first kappa shape index (κ1) is 15.6. The number of rotatable bonds is 6. The standard InChI is InChI=1S/C6H15O4P.Na/c1-3-5-9-11(7,8)10-6-4-2;/h3-6H2,1-2H3,(H,7,8);/q;+1/p-1. The van der Waals surface area contributed by atoms with Gasteiger partial charge >= 0.3 is 29.6 Å². The van der Waals surface area contributed by atoms with Crippen LogP contribution in [0, 0.1) is 0 Å². The average Bonchev–Trinajstić information content (AvgIpc) is 1.97. The molecule has 0 aromatic rings. The van der Waals surface area contributed by atoms with Gasteiger partial charge in [-0.15, -0.1) is 0 Å². The van der Waals surface area contributed by atoms with E-state index in [2.05, 4.69) is 9.05 Å².